The van der Waals surface area contributed by atoms with Crippen molar-refractivity contribution in [2.75, 3.05) is 18.9 Å². The molecule has 0 fully saturated rings. The van der Waals surface area contributed by atoms with Crippen LogP contribution in [0.5, 0.6) is 0 Å². The number of H-pyrrole nitrogens is 1. The predicted molar refractivity (Wildman–Crippen MR) is 139 cm³/mol. The molecule has 0 aliphatic carbocycles. The number of rotatable bonds is 7. The summed E-state index contributed by atoms with van der Waals surface area (Å²) in [6, 6.07) is 14.0. The molecule has 0 spiro atoms. The number of hydrogen-bond donors (Lipinski definition) is 3. The SMILES string of the molecule is Cc1cc(I)ccc1Nc1c(C(=O)N(C)CCc2c[nH]c3ccccc23)cc(C(=O)O)c(F)c1F. The highest BCUT2D eigenvalue weighted by Gasteiger charge is 2.27. The summed E-state index contributed by atoms with van der Waals surface area (Å²) in [4.78, 5) is 29.4. The highest BCUT2D eigenvalue weighted by molar-refractivity contribution is 14.1. The largest absolute Gasteiger partial charge is 0.478 e. The molecule has 180 valence electrons. The van der Waals surface area contributed by atoms with Crippen LogP contribution in [-0.2, 0) is 6.42 Å². The molecule has 1 aromatic heterocycles. The Bertz CT molecular complexity index is 1450. The number of hydrogen-bond acceptors (Lipinski definition) is 3. The van der Waals surface area contributed by atoms with Crippen molar-refractivity contribution in [3.05, 3.63) is 92.2 Å². The summed E-state index contributed by atoms with van der Waals surface area (Å²) in [6.07, 6.45) is 2.39. The Morgan fingerprint density at radius 2 is 1.83 bits per heavy atom. The van der Waals surface area contributed by atoms with Gasteiger partial charge in [0.2, 0.25) is 0 Å². The number of nitrogens with one attached hydrogen (secondary N) is 2. The number of para-hydroxylation sites is 1. The number of carboxylic acids is 1. The number of likely N-dealkylation sites (N-methyl/N-ethyl adjacent to an activating group) is 1. The number of aromatic carboxylic acids is 1. The number of halogens is 3. The molecule has 0 saturated carbocycles. The van der Waals surface area contributed by atoms with Gasteiger partial charge in [0, 0.05) is 39.9 Å². The number of benzene rings is 3. The third-order valence-electron chi connectivity index (χ3n) is 5.85. The molecule has 3 aromatic carbocycles. The molecule has 3 N–H and O–H groups in total. The zero-order chi connectivity index (χ0) is 25.3. The third-order valence-corrected chi connectivity index (χ3v) is 6.52. The average Bonchev–Trinajstić information content (AvgIpc) is 3.24. The van der Waals surface area contributed by atoms with Gasteiger partial charge in [-0.15, -0.1) is 0 Å². The van der Waals surface area contributed by atoms with E-state index in [4.69, 9.17) is 0 Å². The van der Waals surface area contributed by atoms with Crippen LogP contribution in [0.1, 0.15) is 31.8 Å². The molecule has 1 heterocycles. The summed E-state index contributed by atoms with van der Waals surface area (Å²) in [5.41, 5.74) is 1.64. The predicted octanol–water partition coefficient (Wildman–Crippen LogP) is 6.12. The normalized spacial score (nSPS) is 11.0. The Balaban J connectivity index is 1.67. The molecule has 0 atom stereocenters. The van der Waals surface area contributed by atoms with Gasteiger partial charge in [0.25, 0.3) is 5.91 Å². The highest BCUT2D eigenvalue weighted by atomic mass is 127. The molecule has 4 rings (SSSR count). The summed E-state index contributed by atoms with van der Waals surface area (Å²) in [5.74, 6) is -5.23. The lowest BCUT2D eigenvalue weighted by molar-refractivity contribution is 0.0690. The minimum Gasteiger partial charge on any atom is -0.478 e. The summed E-state index contributed by atoms with van der Waals surface area (Å²) < 4.78 is 30.6. The summed E-state index contributed by atoms with van der Waals surface area (Å²) in [7, 11) is 1.54. The van der Waals surface area contributed by atoms with Crippen molar-refractivity contribution in [3.63, 3.8) is 0 Å². The molecule has 9 heteroatoms. The van der Waals surface area contributed by atoms with Gasteiger partial charge < -0.3 is 20.3 Å². The molecule has 0 aliphatic heterocycles. The van der Waals surface area contributed by atoms with Gasteiger partial charge in [-0.05, 0) is 77.4 Å². The Morgan fingerprint density at radius 3 is 2.54 bits per heavy atom. The van der Waals surface area contributed by atoms with E-state index in [2.05, 4.69) is 32.9 Å². The van der Waals surface area contributed by atoms with Crippen molar-refractivity contribution in [1.29, 1.82) is 0 Å². The van der Waals surface area contributed by atoms with E-state index in [0.29, 0.717) is 12.1 Å². The zero-order valence-electron chi connectivity index (χ0n) is 19.0. The van der Waals surface area contributed by atoms with Crippen LogP contribution in [0.4, 0.5) is 20.2 Å². The second-order valence-electron chi connectivity index (χ2n) is 8.20. The van der Waals surface area contributed by atoms with Gasteiger partial charge in [-0.3, -0.25) is 4.79 Å². The van der Waals surface area contributed by atoms with E-state index in [1.165, 1.54) is 4.90 Å². The first-order valence-corrected chi connectivity index (χ1v) is 11.8. The van der Waals surface area contributed by atoms with Crippen LogP contribution in [0.25, 0.3) is 10.9 Å². The fourth-order valence-electron chi connectivity index (χ4n) is 3.91. The molecule has 0 unspecified atom stereocenters. The van der Waals surface area contributed by atoms with Gasteiger partial charge in [-0.25, -0.2) is 13.6 Å². The number of anilines is 2. The number of aromatic nitrogens is 1. The Labute approximate surface area is 214 Å². The van der Waals surface area contributed by atoms with Crippen molar-refractivity contribution < 1.29 is 23.5 Å². The van der Waals surface area contributed by atoms with E-state index >= 15 is 4.39 Å². The number of fused-ring (bicyclic) bond motifs is 1. The molecule has 6 nitrogen and oxygen atoms in total. The molecule has 4 aromatic rings. The monoisotopic (exact) mass is 589 g/mol. The molecular formula is C26H22F2IN3O3. The van der Waals surface area contributed by atoms with E-state index in [-0.39, 0.29) is 12.1 Å². The zero-order valence-corrected chi connectivity index (χ0v) is 21.1. The minimum absolute atomic E-state index is 0.263. The number of nitrogens with zero attached hydrogens (tertiary/aromatic N) is 1. The number of amides is 1. The highest BCUT2D eigenvalue weighted by Crippen LogP contribution is 2.31. The maximum absolute atomic E-state index is 15.1. The van der Waals surface area contributed by atoms with Crippen LogP contribution in [0.2, 0.25) is 0 Å². The second-order valence-corrected chi connectivity index (χ2v) is 9.45. The van der Waals surface area contributed by atoms with Crippen molar-refractivity contribution in [2.45, 2.75) is 13.3 Å². The lowest BCUT2D eigenvalue weighted by Crippen LogP contribution is -2.30. The van der Waals surface area contributed by atoms with Gasteiger partial charge in [-0.2, -0.15) is 0 Å². The number of aromatic amines is 1. The first-order chi connectivity index (χ1) is 16.7. The van der Waals surface area contributed by atoms with E-state index in [0.717, 1.165) is 31.7 Å². The first-order valence-electron chi connectivity index (χ1n) is 10.8. The van der Waals surface area contributed by atoms with E-state index in [1.54, 1.807) is 26.1 Å². The quantitative estimate of drug-likeness (QED) is 0.227. The van der Waals surface area contributed by atoms with Gasteiger partial charge in [0.05, 0.1) is 16.8 Å². The molecule has 0 saturated heterocycles. The van der Waals surface area contributed by atoms with Crippen molar-refractivity contribution in [3.8, 4) is 0 Å². The summed E-state index contributed by atoms with van der Waals surface area (Å²) in [6.45, 7) is 2.07. The maximum Gasteiger partial charge on any atom is 0.338 e. The fraction of sp³-hybridized carbons (Fsp3) is 0.154. The van der Waals surface area contributed by atoms with Crippen LogP contribution in [-0.4, -0.2) is 40.5 Å². The minimum atomic E-state index is -1.66. The second kappa shape index (κ2) is 10.0. The van der Waals surface area contributed by atoms with Crippen LogP contribution >= 0.6 is 22.6 Å². The van der Waals surface area contributed by atoms with Crippen LogP contribution < -0.4 is 5.32 Å². The van der Waals surface area contributed by atoms with Crippen LogP contribution in [0.3, 0.4) is 0 Å². The van der Waals surface area contributed by atoms with Gasteiger partial charge in [0.15, 0.2) is 11.6 Å². The summed E-state index contributed by atoms with van der Waals surface area (Å²) in [5, 5.41) is 13.2. The number of carbonyl (C=O) groups is 2. The number of aryl methyl sites for hydroxylation is 1. The maximum atomic E-state index is 15.1. The van der Waals surface area contributed by atoms with E-state index in [1.807, 2.05) is 36.5 Å². The molecule has 35 heavy (non-hydrogen) atoms. The van der Waals surface area contributed by atoms with Gasteiger partial charge >= 0.3 is 5.97 Å². The standard InChI is InChI=1S/C26H22F2IN3O3/c1-14-11-16(29)7-8-20(14)31-24-19(12-18(26(34)35)22(27)23(24)28)25(33)32(2)10-9-15-13-30-21-6-4-3-5-17(15)21/h3-8,11-13,30-31H,9-10H2,1-2H3,(H,34,35). The Hall–Kier alpha value is -3.47. The number of carboxylic acid groups (broad SMARTS) is 1. The summed E-state index contributed by atoms with van der Waals surface area (Å²) >= 11 is 2.13. The van der Waals surface area contributed by atoms with E-state index < -0.39 is 34.8 Å². The Morgan fingerprint density at radius 1 is 1.09 bits per heavy atom. The molecular weight excluding hydrogens is 567 g/mol. The lowest BCUT2D eigenvalue weighted by Gasteiger charge is -2.21. The molecule has 0 bridgehead atoms. The Kier molecular flexibility index (Phi) is 7.06. The van der Waals surface area contributed by atoms with E-state index in [9.17, 15) is 19.1 Å². The topological polar surface area (TPSA) is 85.4 Å². The van der Waals surface area contributed by atoms with Gasteiger partial charge in [-0.1, -0.05) is 18.2 Å². The smallest absolute Gasteiger partial charge is 0.338 e. The van der Waals surface area contributed by atoms with Crippen molar-refractivity contribution in [2.24, 2.45) is 0 Å². The fourth-order valence-corrected chi connectivity index (χ4v) is 4.56. The molecule has 0 radical (unpaired) electrons. The van der Waals surface area contributed by atoms with Gasteiger partial charge in [0.1, 0.15) is 0 Å². The van der Waals surface area contributed by atoms with Crippen molar-refractivity contribution in [1.82, 2.24) is 9.88 Å². The number of carbonyl (C=O) groups excluding carboxylic acids is 1. The van der Waals surface area contributed by atoms with Crippen LogP contribution in [0, 0.1) is 22.1 Å². The van der Waals surface area contributed by atoms with Crippen LogP contribution in [0.15, 0.2) is 54.7 Å². The third kappa shape index (κ3) is 5.00. The lowest BCUT2D eigenvalue weighted by atomic mass is 10.0. The molecule has 0 aliphatic rings. The average molecular weight is 589 g/mol. The van der Waals surface area contributed by atoms with Crippen molar-refractivity contribution >= 4 is 56.7 Å². The first kappa shape index (κ1) is 24.6. The molecule has 1 amide bonds.